The minimum atomic E-state index is 0.0507. The second-order valence-electron chi connectivity index (χ2n) is 9.52. The molecule has 0 radical (unpaired) electrons. The Morgan fingerprint density at radius 2 is 2.04 bits per heavy atom. The van der Waals surface area contributed by atoms with E-state index in [1.807, 2.05) is 0 Å². The van der Waals surface area contributed by atoms with Crippen LogP contribution in [-0.4, -0.2) is 12.8 Å². The summed E-state index contributed by atoms with van der Waals surface area (Å²) in [5.74, 6) is 2.19. The van der Waals surface area contributed by atoms with Crippen molar-refractivity contribution in [2.45, 2.75) is 65.7 Å². The van der Waals surface area contributed by atoms with E-state index in [1.54, 1.807) is 0 Å². The summed E-state index contributed by atoms with van der Waals surface area (Å²) in [7, 11) is 0. The molecule has 0 heterocycles. The van der Waals surface area contributed by atoms with Crippen molar-refractivity contribution in [2.24, 2.45) is 45.5 Å². The van der Waals surface area contributed by atoms with Crippen LogP contribution in [0.5, 0.6) is 0 Å². The van der Waals surface area contributed by atoms with E-state index in [0.717, 1.165) is 32.1 Å². The van der Waals surface area contributed by atoms with Gasteiger partial charge in [-0.3, -0.25) is 0 Å². The van der Waals surface area contributed by atoms with Gasteiger partial charge in [-0.1, -0.05) is 44.5 Å². The van der Waals surface area contributed by atoms with Crippen molar-refractivity contribution in [3.05, 3.63) is 22.6 Å². The van der Waals surface area contributed by atoms with Crippen molar-refractivity contribution in [1.82, 2.24) is 0 Å². The topological polar surface area (TPSA) is 65.8 Å². The Labute approximate surface area is 152 Å². The third-order valence-corrected chi connectivity index (χ3v) is 8.44. The summed E-state index contributed by atoms with van der Waals surface area (Å²) < 4.78 is 0. The SMILES string of the molecule is C=C1CCC2[C@H](CN=[N+]=[N-])C([C@@]3(C)CC[C@H](C)C[C@@H]3C=O)CC[C@]12C. The number of fused-ring (bicyclic) bond motifs is 1. The van der Waals surface area contributed by atoms with E-state index in [9.17, 15) is 4.79 Å². The van der Waals surface area contributed by atoms with Crippen LogP contribution in [0.2, 0.25) is 0 Å². The normalized spacial score (nSPS) is 47.0. The first-order chi connectivity index (χ1) is 11.9. The summed E-state index contributed by atoms with van der Waals surface area (Å²) in [4.78, 5) is 15.0. The number of allylic oxidation sites excluding steroid dienone is 1. The van der Waals surface area contributed by atoms with Crippen molar-refractivity contribution in [3.63, 3.8) is 0 Å². The van der Waals surface area contributed by atoms with Gasteiger partial charge in [-0.05, 0) is 78.6 Å². The van der Waals surface area contributed by atoms with Gasteiger partial charge in [-0.25, -0.2) is 0 Å². The van der Waals surface area contributed by atoms with Gasteiger partial charge in [-0.15, -0.1) is 0 Å². The molecule has 3 fully saturated rings. The molecule has 0 N–H and O–H groups in total. The van der Waals surface area contributed by atoms with E-state index in [-0.39, 0.29) is 16.7 Å². The highest BCUT2D eigenvalue weighted by Crippen LogP contribution is 2.63. The van der Waals surface area contributed by atoms with E-state index in [2.05, 4.69) is 37.4 Å². The lowest BCUT2D eigenvalue weighted by Gasteiger charge is -2.56. The van der Waals surface area contributed by atoms with Crippen LogP contribution in [-0.2, 0) is 4.79 Å². The van der Waals surface area contributed by atoms with Gasteiger partial charge in [0.15, 0.2) is 0 Å². The number of aldehydes is 1. The fourth-order valence-corrected chi connectivity index (χ4v) is 6.63. The van der Waals surface area contributed by atoms with E-state index in [0.29, 0.717) is 30.2 Å². The second kappa shape index (κ2) is 6.79. The summed E-state index contributed by atoms with van der Waals surface area (Å²) in [6.07, 6.45) is 9.14. The van der Waals surface area contributed by atoms with Crippen LogP contribution in [0.15, 0.2) is 17.3 Å². The predicted octanol–water partition coefficient (Wildman–Crippen LogP) is 5.94. The molecule has 3 aliphatic carbocycles. The lowest BCUT2D eigenvalue weighted by atomic mass is 9.49. The molecule has 0 aromatic rings. The first-order valence-electron chi connectivity index (χ1n) is 10.0. The largest absolute Gasteiger partial charge is 0.303 e. The Morgan fingerprint density at radius 1 is 1.28 bits per heavy atom. The predicted molar refractivity (Wildman–Crippen MR) is 101 cm³/mol. The molecule has 0 bridgehead atoms. The van der Waals surface area contributed by atoms with Crippen LogP contribution in [0.3, 0.4) is 0 Å². The zero-order valence-corrected chi connectivity index (χ0v) is 16.1. The van der Waals surface area contributed by atoms with Gasteiger partial charge in [0.25, 0.3) is 0 Å². The lowest BCUT2D eigenvalue weighted by molar-refractivity contribution is -0.124. The minimum absolute atomic E-state index is 0.0507. The highest BCUT2D eigenvalue weighted by Gasteiger charge is 2.56. The number of azide groups is 1. The van der Waals surface area contributed by atoms with E-state index < -0.39 is 0 Å². The van der Waals surface area contributed by atoms with Crippen LogP contribution in [0.25, 0.3) is 10.4 Å². The molecule has 0 aromatic carbocycles. The smallest absolute Gasteiger partial charge is 0.123 e. The van der Waals surface area contributed by atoms with Crippen LogP contribution in [0.4, 0.5) is 0 Å². The van der Waals surface area contributed by atoms with Gasteiger partial charge >= 0.3 is 0 Å². The molecule has 0 aliphatic heterocycles. The number of carbonyl (C=O) groups excluding carboxylic acids is 1. The molecule has 3 rings (SSSR count). The van der Waals surface area contributed by atoms with E-state index >= 15 is 0 Å². The number of hydrogen-bond acceptors (Lipinski definition) is 2. The average molecular weight is 344 g/mol. The zero-order valence-electron chi connectivity index (χ0n) is 16.1. The van der Waals surface area contributed by atoms with Crippen molar-refractivity contribution >= 4 is 6.29 Å². The Morgan fingerprint density at radius 3 is 2.72 bits per heavy atom. The molecule has 0 amide bonds. The van der Waals surface area contributed by atoms with Crippen LogP contribution < -0.4 is 0 Å². The summed E-state index contributed by atoms with van der Waals surface area (Å²) in [5, 5.41) is 4.02. The van der Waals surface area contributed by atoms with Crippen LogP contribution in [0.1, 0.15) is 65.7 Å². The molecule has 138 valence electrons. The molecule has 0 saturated heterocycles. The summed E-state index contributed by atoms with van der Waals surface area (Å²) in [6, 6.07) is 0. The molecule has 0 aromatic heterocycles. The van der Waals surface area contributed by atoms with Gasteiger partial charge in [0.2, 0.25) is 0 Å². The quantitative estimate of drug-likeness (QED) is 0.205. The Bertz CT molecular complexity index is 596. The third-order valence-electron chi connectivity index (χ3n) is 8.44. The van der Waals surface area contributed by atoms with Gasteiger partial charge < -0.3 is 4.79 Å². The molecule has 4 heteroatoms. The fraction of sp³-hybridized carbons (Fsp3) is 0.857. The molecular formula is C21H33N3O. The monoisotopic (exact) mass is 343 g/mol. The molecule has 2 unspecified atom stereocenters. The van der Waals surface area contributed by atoms with Crippen molar-refractivity contribution in [2.75, 3.05) is 6.54 Å². The summed E-state index contributed by atoms with van der Waals surface area (Å²) >= 11 is 0. The Balaban J connectivity index is 1.95. The second-order valence-corrected chi connectivity index (χ2v) is 9.52. The minimum Gasteiger partial charge on any atom is -0.303 e. The Hall–Kier alpha value is -1.28. The lowest BCUT2D eigenvalue weighted by Crippen LogP contribution is -2.50. The fourth-order valence-electron chi connectivity index (χ4n) is 6.63. The number of nitrogens with zero attached hydrogens (tertiary/aromatic N) is 3. The van der Waals surface area contributed by atoms with Crippen molar-refractivity contribution in [3.8, 4) is 0 Å². The first-order valence-corrected chi connectivity index (χ1v) is 10.0. The third kappa shape index (κ3) is 2.93. The van der Waals surface area contributed by atoms with Gasteiger partial charge in [-0.2, -0.15) is 0 Å². The van der Waals surface area contributed by atoms with Gasteiger partial charge in [0, 0.05) is 17.4 Å². The molecule has 0 spiro atoms. The average Bonchev–Trinajstić information content (AvgIpc) is 2.90. The highest BCUT2D eigenvalue weighted by molar-refractivity contribution is 5.55. The van der Waals surface area contributed by atoms with Gasteiger partial charge in [0.1, 0.15) is 6.29 Å². The number of rotatable bonds is 4. The molecule has 7 atom stereocenters. The van der Waals surface area contributed by atoms with Crippen molar-refractivity contribution < 1.29 is 4.79 Å². The van der Waals surface area contributed by atoms with E-state index in [4.69, 9.17) is 5.53 Å². The van der Waals surface area contributed by atoms with Crippen LogP contribution in [0, 0.1) is 40.4 Å². The standard InChI is InChI=1S/C21H33N3O/c1-14-7-9-21(4,16(11-14)13-25)19-8-10-20(3)15(2)5-6-18(20)17(19)12-23-24-22/h13-14,16-19H,2,5-12H2,1,3-4H3/t14-,16+,17-,18?,19?,20+,21-/m0/s1. The molecular weight excluding hydrogens is 310 g/mol. The van der Waals surface area contributed by atoms with Gasteiger partial charge in [0.05, 0.1) is 0 Å². The number of carbonyl (C=O) groups is 1. The maximum atomic E-state index is 11.9. The first kappa shape index (κ1) is 18.5. The molecule has 25 heavy (non-hydrogen) atoms. The van der Waals surface area contributed by atoms with E-state index in [1.165, 1.54) is 24.7 Å². The number of hydrogen-bond donors (Lipinski definition) is 0. The maximum Gasteiger partial charge on any atom is 0.123 e. The molecule has 3 saturated carbocycles. The molecule has 4 nitrogen and oxygen atoms in total. The Kier molecular flexibility index (Phi) is 5.03. The van der Waals surface area contributed by atoms with Crippen molar-refractivity contribution in [1.29, 1.82) is 0 Å². The maximum absolute atomic E-state index is 11.9. The zero-order chi connectivity index (χ0) is 18.2. The highest BCUT2D eigenvalue weighted by atomic mass is 16.1. The molecule has 3 aliphatic rings. The van der Waals surface area contributed by atoms with Crippen LogP contribution >= 0.6 is 0 Å². The summed E-state index contributed by atoms with van der Waals surface area (Å²) in [6.45, 7) is 11.9. The summed E-state index contributed by atoms with van der Waals surface area (Å²) in [5.41, 5.74) is 10.6.